The number of rotatable bonds is 5. The van der Waals surface area contributed by atoms with Gasteiger partial charge in [0, 0.05) is 15.6 Å². The largest absolute Gasteiger partial charge is 0.489 e. The minimum atomic E-state index is -0.483. The lowest BCUT2D eigenvalue weighted by Crippen LogP contribution is -2.05. The van der Waals surface area contributed by atoms with Gasteiger partial charge in [0.05, 0.1) is 0 Å². The number of cyclic esters (lactones) is 1. The molecule has 2 aromatic carbocycles. The molecular weight excluding hydrogens is 370 g/mol. The molecule has 0 atom stereocenters. The molecule has 2 aromatic rings. The maximum absolute atomic E-state index is 12.1. The second-order valence-electron chi connectivity index (χ2n) is 4.98. The van der Waals surface area contributed by atoms with E-state index in [1.165, 1.54) is 0 Å². The van der Waals surface area contributed by atoms with Gasteiger partial charge >= 0.3 is 5.97 Å². The number of nitrogens with zero attached hydrogens (tertiary/aromatic N) is 1. The molecule has 0 aromatic heterocycles. The van der Waals surface area contributed by atoms with E-state index in [1.54, 1.807) is 12.2 Å². The van der Waals surface area contributed by atoms with E-state index in [2.05, 4.69) is 27.5 Å². The van der Waals surface area contributed by atoms with Crippen LogP contribution in [-0.2, 0) is 9.53 Å². The lowest BCUT2D eigenvalue weighted by atomic mass is 10.1. The van der Waals surface area contributed by atoms with Gasteiger partial charge in [-0.3, -0.25) is 0 Å². The van der Waals surface area contributed by atoms with Crippen LogP contribution in [0.2, 0.25) is 0 Å². The lowest BCUT2D eigenvalue weighted by molar-refractivity contribution is -0.129. The molecule has 0 amide bonds. The predicted octanol–water partition coefficient (Wildman–Crippen LogP) is 4.36. The Balaban J connectivity index is 1.93. The van der Waals surface area contributed by atoms with Crippen molar-refractivity contribution in [2.24, 2.45) is 4.99 Å². The number of para-hydroxylation sites is 1. The van der Waals surface area contributed by atoms with E-state index >= 15 is 0 Å². The second-order valence-corrected chi connectivity index (χ2v) is 5.90. The quantitative estimate of drug-likeness (QED) is 0.437. The molecule has 0 N–H and O–H groups in total. The van der Waals surface area contributed by atoms with Crippen molar-refractivity contribution in [2.75, 3.05) is 6.61 Å². The molecule has 0 fully saturated rings. The summed E-state index contributed by atoms with van der Waals surface area (Å²) in [7, 11) is 0. The summed E-state index contributed by atoms with van der Waals surface area (Å²) in [6.07, 6.45) is 3.32. The van der Waals surface area contributed by atoms with Gasteiger partial charge in [0.2, 0.25) is 5.90 Å². The molecule has 1 aliphatic heterocycles. The summed E-state index contributed by atoms with van der Waals surface area (Å²) < 4.78 is 11.8. The monoisotopic (exact) mass is 383 g/mol. The van der Waals surface area contributed by atoms with E-state index in [4.69, 9.17) is 9.47 Å². The zero-order chi connectivity index (χ0) is 16.9. The first-order valence-electron chi connectivity index (χ1n) is 7.28. The Morgan fingerprint density at radius 3 is 2.83 bits per heavy atom. The molecule has 0 spiro atoms. The van der Waals surface area contributed by atoms with Crippen LogP contribution in [0, 0.1) is 0 Å². The zero-order valence-electron chi connectivity index (χ0n) is 12.7. The van der Waals surface area contributed by atoms with E-state index in [0.29, 0.717) is 12.4 Å². The summed E-state index contributed by atoms with van der Waals surface area (Å²) in [5, 5.41) is 0. The normalized spacial score (nSPS) is 15.1. The van der Waals surface area contributed by atoms with Gasteiger partial charge in [0.25, 0.3) is 0 Å². The summed E-state index contributed by atoms with van der Waals surface area (Å²) in [5.41, 5.74) is 1.72. The van der Waals surface area contributed by atoms with Gasteiger partial charge in [-0.1, -0.05) is 52.9 Å². The molecule has 0 bridgehead atoms. The Bertz CT molecular complexity index is 855. The molecule has 1 aliphatic rings. The highest BCUT2D eigenvalue weighted by Gasteiger charge is 2.24. The second kappa shape index (κ2) is 7.27. The van der Waals surface area contributed by atoms with Crippen molar-refractivity contribution in [1.82, 2.24) is 0 Å². The highest BCUT2D eigenvalue weighted by molar-refractivity contribution is 9.10. The van der Waals surface area contributed by atoms with E-state index in [9.17, 15) is 4.79 Å². The summed E-state index contributed by atoms with van der Waals surface area (Å²) >= 11 is 3.39. The van der Waals surface area contributed by atoms with E-state index < -0.39 is 5.97 Å². The highest BCUT2D eigenvalue weighted by atomic mass is 79.9. The van der Waals surface area contributed by atoms with E-state index in [-0.39, 0.29) is 11.6 Å². The maximum atomic E-state index is 12.1. The van der Waals surface area contributed by atoms with Crippen molar-refractivity contribution < 1.29 is 14.3 Å². The minimum absolute atomic E-state index is 0.236. The number of benzene rings is 2. The Hall–Kier alpha value is -2.66. The molecule has 0 saturated heterocycles. The van der Waals surface area contributed by atoms with Crippen molar-refractivity contribution in [3.8, 4) is 5.75 Å². The van der Waals surface area contributed by atoms with Crippen LogP contribution in [-0.4, -0.2) is 18.5 Å². The topological polar surface area (TPSA) is 47.9 Å². The third kappa shape index (κ3) is 3.63. The molecule has 24 heavy (non-hydrogen) atoms. The minimum Gasteiger partial charge on any atom is -0.489 e. The van der Waals surface area contributed by atoms with Crippen molar-refractivity contribution in [2.45, 2.75) is 0 Å². The average Bonchev–Trinajstić information content (AvgIpc) is 2.95. The maximum Gasteiger partial charge on any atom is 0.363 e. The van der Waals surface area contributed by atoms with Crippen LogP contribution in [0.25, 0.3) is 6.08 Å². The summed E-state index contributed by atoms with van der Waals surface area (Å²) in [4.78, 5) is 16.4. The number of carbonyl (C=O) groups excluding carboxylic acids is 1. The first-order valence-corrected chi connectivity index (χ1v) is 8.08. The fourth-order valence-corrected chi connectivity index (χ4v) is 2.58. The third-order valence-corrected chi connectivity index (χ3v) is 3.75. The van der Waals surface area contributed by atoms with Gasteiger partial charge in [0.1, 0.15) is 12.4 Å². The standard InChI is InChI=1S/C19H14BrNO3/c1-2-10-23-17-9-4-3-6-13(17)12-16-19(22)24-18(21-16)14-7-5-8-15(20)11-14/h2-9,11-12H,1,10H2. The molecule has 1 heterocycles. The van der Waals surface area contributed by atoms with Crippen molar-refractivity contribution in [3.63, 3.8) is 0 Å². The highest BCUT2D eigenvalue weighted by Crippen LogP contribution is 2.25. The number of halogens is 1. The van der Waals surface area contributed by atoms with Crippen LogP contribution in [0.4, 0.5) is 0 Å². The fraction of sp³-hybridized carbons (Fsp3) is 0.0526. The van der Waals surface area contributed by atoms with Crippen LogP contribution in [0.15, 0.2) is 76.3 Å². The molecular formula is C19H14BrNO3. The average molecular weight is 384 g/mol. The smallest absolute Gasteiger partial charge is 0.363 e. The summed E-state index contributed by atoms with van der Waals surface area (Å²) in [5.74, 6) is 0.462. The lowest BCUT2D eigenvalue weighted by Gasteiger charge is -2.06. The van der Waals surface area contributed by atoms with Gasteiger partial charge < -0.3 is 9.47 Å². The molecule has 5 heteroatoms. The number of hydrogen-bond acceptors (Lipinski definition) is 4. The first-order chi connectivity index (χ1) is 11.7. The fourth-order valence-electron chi connectivity index (χ4n) is 2.18. The Kier molecular flexibility index (Phi) is 4.91. The van der Waals surface area contributed by atoms with Gasteiger partial charge in [-0.25, -0.2) is 9.79 Å². The molecule has 0 aliphatic carbocycles. The number of hydrogen-bond donors (Lipinski definition) is 0. The molecule has 0 saturated carbocycles. The van der Waals surface area contributed by atoms with Crippen LogP contribution in [0.1, 0.15) is 11.1 Å². The zero-order valence-corrected chi connectivity index (χ0v) is 14.3. The van der Waals surface area contributed by atoms with Crippen LogP contribution >= 0.6 is 15.9 Å². The third-order valence-electron chi connectivity index (χ3n) is 3.26. The van der Waals surface area contributed by atoms with Gasteiger partial charge in [-0.15, -0.1) is 0 Å². The van der Waals surface area contributed by atoms with Crippen LogP contribution in [0.3, 0.4) is 0 Å². The number of ether oxygens (including phenoxy) is 2. The van der Waals surface area contributed by atoms with Crippen molar-refractivity contribution >= 4 is 33.9 Å². The molecule has 120 valence electrons. The van der Waals surface area contributed by atoms with Gasteiger partial charge in [-0.2, -0.15) is 0 Å². The molecule has 0 radical (unpaired) electrons. The Morgan fingerprint density at radius 1 is 1.21 bits per heavy atom. The van der Waals surface area contributed by atoms with Gasteiger partial charge in [0.15, 0.2) is 5.70 Å². The van der Waals surface area contributed by atoms with E-state index in [0.717, 1.165) is 15.6 Å². The molecule has 0 unspecified atom stereocenters. The molecule has 3 rings (SSSR count). The predicted molar refractivity (Wildman–Crippen MR) is 96.9 cm³/mol. The van der Waals surface area contributed by atoms with Crippen LogP contribution < -0.4 is 4.74 Å². The van der Waals surface area contributed by atoms with E-state index in [1.807, 2.05) is 48.5 Å². The number of carbonyl (C=O) groups is 1. The first kappa shape index (κ1) is 16.2. The van der Waals surface area contributed by atoms with Crippen molar-refractivity contribution in [1.29, 1.82) is 0 Å². The van der Waals surface area contributed by atoms with Gasteiger partial charge in [-0.05, 0) is 30.3 Å². The Labute approximate surface area is 148 Å². The molecule has 4 nitrogen and oxygen atoms in total. The number of aliphatic imine (C=N–C) groups is 1. The number of esters is 1. The Morgan fingerprint density at radius 2 is 2.04 bits per heavy atom. The SMILES string of the molecule is C=CCOc1ccccc1C=C1N=C(c2cccc(Br)c2)OC1=O. The summed E-state index contributed by atoms with van der Waals surface area (Å²) in [6, 6.07) is 14.8. The summed E-state index contributed by atoms with van der Waals surface area (Å²) in [6.45, 7) is 4.02. The van der Waals surface area contributed by atoms with Crippen LogP contribution in [0.5, 0.6) is 5.75 Å². The van der Waals surface area contributed by atoms with Crippen molar-refractivity contribution in [3.05, 3.63) is 82.5 Å².